The third-order valence-corrected chi connectivity index (χ3v) is 4.06. The number of aromatic nitrogens is 1. The Morgan fingerprint density at radius 3 is 3.27 bits per heavy atom. The number of rotatable bonds is 2. The van der Waals surface area contributed by atoms with Crippen LogP contribution in [0.15, 0.2) is 18.3 Å². The van der Waals surface area contributed by atoms with Gasteiger partial charge in [-0.15, -0.1) is 0 Å². The summed E-state index contributed by atoms with van der Waals surface area (Å²) in [5.74, 6) is 2.21. The van der Waals surface area contributed by atoms with Crippen LogP contribution in [0.3, 0.4) is 0 Å². The Kier molecular flexibility index (Phi) is 3.36. The molecule has 1 atom stereocenters. The summed E-state index contributed by atoms with van der Waals surface area (Å²) in [5.41, 5.74) is 6.56. The zero-order valence-corrected chi connectivity index (χ0v) is 9.83. The van der Waals surface area contributed by atoms with Gasteiger partial charge >= 0.3 is 0 Å². The predicted octanol–water partition coefficient (Wildman–Crippen LogP) is 2.00. The molecular weight excluding hydrogens is 206 g/mol. The minimum atomic E-state index is 0.738. The molecule has 1 aliphatic rings. The number of nitrogens with two attached hydrogens (primary N) is 1. The summed E-state index contributed by atoms with van der Waals surface area (Å²) in [4.78, 5) is 6.70. The topological polar surface area (TPSA) is 42.1 Å². The minimum Gasteiger partial charge on any atom is -0.399 e. The second-order valence-corrected chi connectivity index (χ2v) is 5.20. The molecule has 0 saturated carbocycles. The Bertz CT molecular complexity index is 329. The fourth-order valence-corrected chi connectivity index (χ4v) is 2.96. The first kappa shape index (κ1) is 10.6. The van der Waals surface area contributed by atoms with Crippen LogP contribution in [0.5, 0.6) is 0 Å². The number of pyridine rings is 1. The smallest absolute Gasteiger partial charge is 0.130 e. The van der Waals surface area contributed by atoms with Crippen molar-refractivity contribution in [2.75, 3.05) is 29.5 Å². The molecule has 2 rings (SSSR count). The SMILES string of the molecule is CCC1CN(c2cc(N)ccn2)CCS1. The van der Waals surface area contributed by atoms with Crippen LogP contribution in [0.2, 0.25) is 0 Å². The van der Waals surface area contributed by atoms with E-state index in [9.17, 15) is 0 Å². The molecule has 4 heteroatoms. The first-order valence-corrected chi connectivity index (χ1v) is 6.42. The molecule has 15 heavy (non-hydrogen) atoms. The van der Waals surface area contributed by atoms with Gasteiger partial charge in [-0.25, -0.2) is 4.98 Å². The van der Waals surface area contributed by atoms with E-state index in [0.29, 0.717) is 0 Å². The van der Waals surface area contributed by atoms with Crippen molar-refractivity contribution in [2.45, 2.75) is 18.6 Å². The van der Waals surface area contributed by atoms with E-state index in [1.165, 1.54) is 12.2 Å². The second kappa shape index (κ2) is 4.75. The number of hydrogen-bond acceptors (Lipinski definition) is 4. The highest BCUT2D eigenvalue weighted by Crippen LogP contribution is 2.25. The molecule has 1 saturated heterocycles. The van der Waals surface area contributed by atoms with Crippen molar-refractivity contribution in [3.8, 4) is 0 Å². The third-order valence-electron chi connectivity index (χ3n) is 2.69. The number of hydrogen-bond donors (Lipinski definition) is 1. The molecule has 1 fully saturated rings. The molecule has 1 aliphatic heterocycles. The van der Waals surface area contributed by atoms with Gasteiger partial charge in [0.05, 0.1) is 0 Å². The summed E-state index contributed by atoms with van der Waals surface area (Å²) in [6, 6.07) is 3.79. The number of anilines is 2. The van der Waals surface area contributed by atoms with Gasteiger partial charge in [0.25, 0.3) is 0 Å². The van der Waals surface area contributed by atoms with Crippen molar-refractivity contribution in [3.05, 3.63) is 18.3 Å². The number of nitrogens with zero attached hydrogens (tertiary/aromatic N) is 2. The molecule has 82 valence electrons. The monoisotopic (exact) mass is 223 g/mol. The van der Waals surface area contributed by atoms with E-state index >= 15 is 0 Å². The molecule has 2 heterocycles. The molecule has 0 aliphatic carbocycles. The highest BCUT2D eigenvalue weighted by molar-refractivity contribution is 8.00. The maximum atomic E-state index is 5.76. The first-order chi connectivity index (χ1) is 7.29. The molecule has 0 radical (unpaired) electrons. The van der Waals surface area contributed by atoms with E-state index in [4.69, 9.17) is 5.73 Å². The van der Waals surface area contributed by atoms with E-state index in [0.717, 1.165) is 29.8 Å². The summed E-state index contributed by atoms with van der Waals surface area (Å²) in [6.07, 6.45) is 3.01. The Labute approximate surface area is 95.1 Å². The van der Waals surface area contributed by atoms with Crippen LogP contribution in [0.4, 0.5) is 11.5 Å². The lowest BCUT2D eigenvalue weighted by Crippen LogP contribution is -2.38. The summed E-state index contributed by atoms with van der Waals surface area (Å²) in [7, 11) is 0. The standard InChI is InChI=1S/C11H17N3S/c1-2-10-8-14(5-6-15-10)11-7-9(12)3-4-13-11/h3-4,7,10H,2,5-6,8H2,1H3,(H2,12,13). The lowest BCUT2D eigenvalue weighted by molar-refractivity contribution is 0.720. The zero-order chi connectivity index (χ0) is 10.7. The lowest BCUT2D eigenvalue weighted by Gasteiger charge is -2.32. The van der Waals surface area contributed by atoms with Crippen molar-refractivity contribution < 1.29 is 0 Å². The van der Waals surface area contributed by atoms with Crippen molar-refractivity contribution >= 4 is 23.3 Å². The Hall–Kier alpha value is -0.900. The van der Waals surface area contributed by atoms with E-state index in [1.807, 2.05) is 12.1 Å². The quantitative estimate of drug-likeness (QED) is 0.832. The fraction of sp³-hybridized carbons (Fsp3) is 0.545. The molecule has 0 spiro atoms. The van der Waals surface area contributed by atoms with Crippen molar-refractivity contribution in [1.29, 1.82) is 0 Å². The lowest BCUT2D eigenvalue weighted by atomic mass is 10.3. The van der Waals surface area contributed by atoms with Crippen LogP contribution in [0.1, 0.15) is 13.3 Å². The van der Waals surface area contributed by atoms with E-state index in [2.05, 4.69) is 28.6 Å². The van der Waals surface area contributed by atoms with Crippen molar-refractivity contribution in [1.82, 2.24) is 4.98 Å². The van der Waals surface area contributed by atoms with Gasteiger partial charge in [0, 0.05) is 42.0 Å². The zero-order valence-electron chi connectivity index (χ0n) is 9.02. The van der Waals surface area contributed by atoms with Crippen LogP contribution in [-0.4, -0.2) is 29.1 Å². The molecule has 1 aromatic heterocycles. The van der Waals surface area contributed by atoms with Crippen LogP contribution < -0.4 is 10.6 Å². The van der Waals surface area contributed by atoms with Gasteiger partial charge in [-0.2, -0.15) is 11.8 Å². The van der Waals surface area contributed by atoms with E-state index in [1.54, 1.807) is 6.20 Å². The Morgan fingerprint density at radius 2 is 2.53 bits per heavy atom. The van der Waals surface area contributed by atoms with Crippen LogP contribution in [-0.2, 0) is 0 Å². The summed E-state index contributed by atoms with van der Waals surface area (Å²) < 4.78 is 0. The molecule has 0 bridgehead atoms. The summed E-state index contributed by atoms with van der Waals surface area (Å²) >= 11 is 2.07. The predicted molar refractivity (Wildman–Crippen MR) is 67.4 cm³/mol. The molecule has 0 aromatic carbocycles. The molecule has 0 amide bonds. The van der Waals surface area contributed by atoms with Crippen molar-refractivity contribution in [3.63, 3.8) is 0 Å². The molecule has 2 N–H and O–H groups in total. The summed E-state index contributed by atoms with van der Waals surface area (Å²) in [5, 5.41) is 0.738. The molecule has 1 aromatic rings. The highest BCUT2D eigenvalue weighted by Gasteiger charge is 2.19. The van der Waals surface area contributed by atoms with Crippen LogP contribution in [0, 0.1) is 0 Å². The van der Waals surface area contributed by atoms with Gasteiger partial charge in [0.15, 0.2) is 0 Å². The van der Waals surface area contributed by atoms with Gasteiger partial charge < -0.3 is 10.6 Å². The molecule has 1 unspecified atom stereocenters. The van der Waals surface area contributed by atoms with Crippen LogP contribution >= 0.6 is 11.8 Å². The number of nitrogen functional groups attached to an aromatic ring is 1. The highest BCUT2D eigenvalue weighted by atomic mass is 32.2. The average molecular weight is 223 g/mol. The van der Waals surface area contributed by atoms with Gasteiger partial charge in [0.2, 0.25) is 0 Å². The van der Waals surface area contributed by atoms with Crippen molar-refractivity contribution in [2.24, 2.45) is 0 Å². The van der Waals surface area contributed by atoms with Gasteiger partial charge in [-0.05, 0) is 12.5 Å². The molecule has 3 nitrogen and oxygen atoms in total. The van der Waals surface area contributed by atoms with Gasteiger partial charge in [-0.3, -0.25) is 0 Å². The Balaban J connectivity index is 2.09. The van der Waals surface area contributed by atoms with E-state index in [-0.39, 0.29) is 0 Å². The Morgan fingerprint density at radius 1 is 1.67 bits per heavy atom. The minimum absolute atomic E-state index is 0.738. The summed E-state index contributed by atoms with van der Waals surface area (Å²) in [6.45, 7) is 4.42. The fourth-order valence-electron chi connectivity index (χ4n) is 1.78. The third kappa shape index (κ3) is 2.56. The average Bonchev–Trinajstić information content (AvgIpc) is 2.29. The molecular formula is C11H17N3S. The maximum absolute atomic E-state index is 5.76. The van der Waals surface area contributed by atoms with E-state index < -0.39 is 0 Å². The first-order valence-electron chi connectivity index (χ1n) is 5.37. The number of thioether (sulfide) groups is 1. The van der Waals surface area contributed by atoms with Crippen LogP contribution in [0.25, 0.3) is 0 Å². The largest absolute Gasteiger partial charge is 0.399 e. The maximum Gasteiger partial charge on any atom is 0.130 e. The van der Waals surface area contributed by atoms with Gasteiger partial charge in [0.1, 0.15) is 5.82 Å². The van der Waals surface area contributed by atoms with Gasteiger partial charge in [-0.1, -0.05) is 6.92 Å². The second-order valence-electron chi connectivity index (χ2n) is 3.79. The normalized spacial score (nSPS) is 21.7.